The Balaban J connectivity index is 1.98. The lowest BCUT2D eigenvalue weighted by Gasteiger charge is -2.13. The van der Waals surface area contributed by atoms with Gasteiger partial charge in [-0.3, -0.25) is 0 Å². The summed E-state index contributed by atoms with van der Waals surface area (Å²) in [6, 6.07) is 15.8. The first-order chi connectivity index (χ1) is 10.6. The Morgan fingerprint density at radius 2 is 1.91 bits per heavy atom. The molecule has 0 amide bonds. The lowest BCUT2D eigenvalue weighted by Crippen LogP contribution is -2.22. The normalized spacial score (nSPS) is 11.1. The average molecular weight is 298 g/mol. The first-order valence-electron chi connectivity index (χ1n) is 7.06. The lowest BCUT2D eigenvalue weighted by atomic mass is 10.2. The van der Waals surface area contributed by atoms with Crippen LogP contribution in [0.2, 0.25) is 0 Å². The first kappa shape index (κ1) is 15.7. The zero-order chi connectivity index (χ0) is 15.9. The second kappa shape index (κ2) is 7.36. The van der Waals surface area contributed by atoms with Crippen LogP contribution < -0.4 is 20.7 Å². The van der Waals surface area contributed by atoms with Gasteiger partial charge >= 0.3 is 0 Å². The molecule has 0 fully saturated rings. The van der Waals surface area contributed by atoms with Crippen LogP contribution in [-0.2, 0) is 6.54 Å². The van der Waals surface area contributed by atoms with E-state index < -0.39 is 0 Å². The van der Waals surface area contributed by atoms with Crippen LogP contribution in [0.5, 0.6) is 5.75 Å². The van der Waals surface area contributed by atoms with Gasteiger partial charge in [0.25, 0.3) is 0 Å². The molecule has 5 heteroatoms. The second-order valence-electron chi connectivity index (χ2n) is 5.12. The Kier molecular flexibility index (Phi) is 5.25. The topological polar surface area (TPSA) is 62.9 Å². The number of methoxy groups -OCH3 is 1. The van der Waals surface area contributed by atoms with Crippen LogP contribution in [0.15, 0.2) is 53.5 Å². The Bertz CT molecular complexity index is 635. The standard InChI is InChI=1S/C17H22N4O/c1-21(2)15-6-4-5-13(11-15)12-19-17(18)20-14-7-9-16(22-3)10-8-14/h4-11H,12H2,1-3H3,(H3,18,19,20). The molecule has 0 saturated heterocycles. The molecule has 2 rings (SSSR count). The highest BCUT2D eigenvalue weighted by Gasteiger charge is 1.99. The largest absolute Gasteiger partial charge is 0.497 e. The predicted molar refractivity (Wildman–Crippen MR) is 92.7 cm³/mol. The molecule has 0 unspecified atom stereocenters. The summed E-state index contributed by atoms with van der Waals surface area (Å²) in [6.07, 6.45) is 0. The minimum atomic E-state index is 0.389. The van der Waals surface area contributed by atoms with E-state index in [0.29, 0.717) is 12.5 Å². The van der Waals surface area contributed by atoms with Gasteiger partial charge < -0.3 is 20.7 Å². The van der Waals surface area contributed by atoms with Crippen LogP contribution in [0.3, 0.4) is 0 Å². The molecule has 3 N–H and O–H groups in total. The Hall–Kier alpha value is -2.69. The summed E-state index contributed by atoms with van der Waals surface area (Å²) in [5.74, 6) is 1.20. The summed E-state index contributed by atoms with van der Waals surface area (Å²) < 4.78 is 5.12. The summed E-state index contributed by atoms with van der Waals surface area (Å²) in [7, 11) is 5.67. The van der Waals surface area contributed by atoms with E-state index in [0.717, 1.165) is 22.7 Å². The maximum absolute atomic E-state index is 5.92. The number of nitrogens with one attached hydrogen (secondary N) is 1. The number of benzene rings is 2. The fourth-order valence-corrected chi connectivity index (χ4v) is 1.97. The number of ether oxygens (including phenoxy) is 1. The van der Waals surface area contributed by atoms with E-state index in [2.05, 4.69) is 27.3 Å². The number of nitrogens with zero attached hydrogens (tertiary/aromatic N) is 2. The van der Waals surface area contributed by atoms with Gasteiger partial charge in [-0.2, -0.15) is 0 Å². The zero-order valence-corrected chi connectivity index (χ0v) is 13.2. The van der Waals surface area contributed by atoms with Crippen molar-refractivity contribution in [2.45, 2.75) is 6.54 Å². The number of guanidine groups is 1. The van der Waals surface area contributed by atoms with E-state index in [-0.39, 0.29) is 0 Å². The molecule has 0 aromatic heterocycles. The van der Waals surface area contributed by atoms with Gasteiger partial charge in [0, 0.05) is 25.5 Å². The van der Waals surface area contributed by atoms with Crippen LogP contribution in [-0.4, -0.2) is 27.2 Å². The molecule has 2 aromatic rings. The maximum Gasteiger partial charge on any atom is 0.193 e. The quantitative estimate of drug-likeness (QED) is 0.658. The molecule has 0 atom stereocenters. The minimum Gasteiger partial charge on any atom is -0.497 e. The number of anilines is 2. The van der Waals surface area contributed by atoms with E-state index in [4.69, 9.17) is 10.5 Å². The van der Waals surface area contributed by atoms with Crippen molar-refractivity contribution < 1.29 is 4.74 Å². The average Bonchev–Trinajstić information content (AvgIpc) is 2.54. The third-order valence-corrected chi connectivity index (χ3v) is 3.22. The van der Waals surface area contributed by atoms with Gasteiger partial charge in [0.1, 0.15) is 5.75 Å². The smallest absolute Gasteiger partial charge is 0.193 e. The van der Waals surface area contributed by atoms with Crippen molar-refractivity contribution in [1.82, 2.24) is 0 Å². The van der Waals surface area contributed by atoms with Crippen molar-refractivity contribution in [3.8, 4) is 5.75 Å². The molecule has 0 aliphatic heterocycles. The van der Waals surface area contributed by atoms with Crippen molar-refractivity contribution in [2.24, 2.45) is 10.7 Å². The van der Waals surface area contributed by atoms with Crippen LogP contribution in [0.25, 0.3) is 0 Å². The SMILES string of the molecule is COc1ccc(NC(N)=NCc2cccc(N(C)C)c2)cc1. The molecule has 116 valence electrons. The molecule has 22 heavy (non-hydrogen) atoms. The van der Waals surface area contributed by atoms with Crippen molar-refractivity contribution in [2.75, 3.05) is 31.4 Å². The third-order valence-electron chi connectivity index (χ3n) is 3.22. The van der Waals surface area contributed by atoms with E-state index in [1.54, 1.807) is 7.11 Å². The van der Waals surface area contributed by atoms with Crippen LogP contribution in [0, 0.1) is 0 Å². The van der Waals surface area contributed by atoms with Gasteiger partial charge in [0.2, 0.25) is 0 Å². The van der Waals surface area contributed by atoms with Gasteiger partial charge in [0.15, 0.2) is 5.96 Å². The number of hydrogen-bond acceptors (Lipinski definition) is 3. The number of rotatable bonds is 5. The number of nitrogens with two attached hydrogens (primary N) is 1. The van der Waals surface area contributed by atoms with Crippen molar-refractivity contribution in [1.29, 1.82) is 0 Å². The molecule has 0 radical (unpaired) electrons. The summed E-state index contributed by atoms with van der Waals surface area (Å²) in [4.78, 5) is 6.43. The highest BCUT2D eigenvalue weighted by atomic mass is 16.5. The number of hydrogen-bond donors (Lipinski definition) is 2. The fraction of sp³-hybridized carbons (Fsp3) is 0.235. The number of aliphatic imine (C=N–C) groups is 1. The van der Waals surface area contributed by atoms with E-state index in [1.807, 2.05) is 50.5 Å². The first-order valence-corrected chi connectivity index (χ1v) is 7.06. The predicted octanol–water partition coefficient (Wildman–Crippen LogP) is 2.69. The molecular weight excluding hydrogens is 276 g/mol. The van der Waals surface area contributed by atoms with Gasteiger partial charge in [-0.05, 0) is 42.0 Å². The van der Waals surface area contributed by atoms with Gasteiger partial charge in [-0.25, -0.2) is 4.99 Å². The Morgan fingerprint density at radius 1 is 1.18 bits per heavy atom. The third kappa shape index (κ3) is 4.41. The van der Waals surface area contributed by atoms with Crippen molar-refractivity contribution in [3.05, 3.63) is 54.1 Å². The molecular formula is C17H22N4O. The van der Waals surface area contributed by atoms with E-state index in [1.165, 1.54) is 0 Å². The minimum absolute atomic E-state index is 0.389. The Labute approximate surface area is 131 Å². The highest BCUT2D eigenvalue weighted by molar-refractivity contribution is 5.92. The molecule has 0 bridgehead atoms. The van der Waals surface area contributed by atoms with Crippen LogP contribution >= 0.6 is 0 Å². The summed E-state index contributed by atoms with van der Waals surface area (Å²) >= 11 is 0. The summed E-state index contributed by atoms with van der Waals surface area (Å²) in [6.45, 7) is 0.538. The maximum atomic E-state index is 5.92. The zero-order valence-electron chi connectivity index (χ0n) is 13.2. The van der Waals surface area contributed by atoms with Gasteiger partial charge in [0.05, 0.1) is 13.7 Å². The monoisotopic (exact) mass is 298 g/mol. The second-order valence-corrected chi connectivity index (χ2v) is 5.12. The van der Waals surface area contributed by atoms with Crippen molar-refractivity contribution >= 4 is 17.3 Å². The molecule has 0 aliphatic carbocycles. The van der Waals surface area contributed by atoms with E-state index in [9.17, 15) is 0 Å². The highest BCUT2D eigenvalue weighted by Crippen LogP contribution is 2.15. The summed E-state index contributed by atoms with van der Waals surface area (Å²) in [5, 5.41) is 3.06. The molecule has 5 nitrogen and oxygen atoms in total. The Morgan fingerprint density at radius 3 is 2.55 bits per heavy atom. The fourth-order valence-electron chi connectivity index (χ4n) is 1.97. The van der Waals surface area contributed by atoms with Gasteiger partial charge in [-0.15, -0.1) is 0 Å². The van der Waals surface area contributed by atoms with Crippen molar-refractivity contribution in [3.63, 3.8) is 0 Å². The molecule has 0 saturated carbocycles. The molecule has 0 aliphatic rings. The molecule has 0 heterocycles. The lowest BCUT2D eigenvalue weighted by molar-refractivity contribution is 0.415. The summed E-state index contributed by atoms with van der Waals surface area (Å²) in [5.41, 5.74) is 9.06. The van der Waals surface area contributed by atoms with Crippen LogP contribution in [0.4, 0.5) is 11.4 Å². The van der Waals surface area contributed by atoms with E-state index >= 15 is 0 Å². The van der Waals surface area contributed by atoms with Crippen LogP contribution in [0.1, 0.15) is 5.56 Å². The van der Waals surface area contributed by atoms with Gasteiger partial charge in [-0.1, -0.05) is 12.1 Å². The molecule has 2 aromatic carbocycles. The molecule has 0 spiro atoms.